The van der Waals surface area contributed by atoms with Gasteiger partial charge >= 0.3 is 0 Å². The molecule has 15 heavy (non-hydrogen) atoms. The van der Waals surface area contributed by atoms with E-state index in [2.05, 4.69) is 0 Å². The van der Waals surface area contributed by atoms with Crippen molar-refractivity contribution < 1.29 is 8.78 Å². The van der Waals surface area contributed by atoms with E-state index in [4.69, 9.17) is 17.3 Å². The first-order chi connectivity index (χ1) is 7.09. The van der Waals surface area contributed by atoms with E-state index in [0.29, 0.717) is 11.6 Å². The van der Waals surface area contributed by atoms with Crippen molar-refractivity contribution in [3.63, 3.8) is 0 Å². The fourth-order valence-electron chi connectivity index (χ4n) is 1.82. The molecule has 0 unspecified atom stereocenters. The molecule has 2 N–H and O–H groups in total. The molecule has 1 aromatic carbocycles. The highest BCUT2D eigenvalue weighted by atomic mass is 35.5. The molecule has 0 spiro atoms. The Morgan fingerprint density at radius 2 is 2.07 bits per heavy atom. The van der Waals surface area contributed by atoms with Crippen LogP contribution in [0.1, 0.15) is 30.4 Å². The van der Waals surface area contributed by atoms with Crippen LogP contribution in [0.25, 0.3) is 0 Å². The van der Waals surface area contributed by atoms with E-state index in [0.717, 1.165) is 18.4 Å². The van der Waals surface area contributed by atoms with Crippen LogP contribution in [0.3, 0.4) is 0 Å². The number of hydrogen-bond acceptors (Lipinski definition) is 1. The summed E-state index contributed by atoms with van der Waals surface area (Å²) < 4.78 is 25.0. The summed E-state index contributed by atoms with van der Waals surface area (Å²) in [5, 5.41) is 0.544. The molecule has 1 nitrogen and oxygen atoms in total. The van der Waals surface area contributed by atoms with Crippen molar-refractivity contribution in [1.82, 2.24) is 0 Å². The Hall–Kier alpha value is -0.670. The minimum Gasteiger partial charge on any atom is -0.330 e. The predicted octanol–water partition coefficient (Wildman–Crippen LogP) is 3.27. The van der Waals surface area contributed by atoms with Gasteiger partial charge in [0.1, 0.15) is 0 Å². The summed E-state index contributed by atoms with van der Waals surface area (Å²) in [6, 6.07) is 4.39. The molecule has 0 amide bonds. The summed E-state index contributed by atoms with van der Waals surface area (Å²) in [5.41, 5.74) is 6.32. The molecule has 2 rings (SSSR count). The second-order valence-corrected chi connectivity index (χ2v) is 4.43. The van der Waals surface area contributed by atoms with Crippen LogP contribution in [-0.2, 0) is 5.41 Å². The molecule has 0 bridgehead atoms. The van der Waals surface area contributed by atoms with Crippen LogP contribution < -0.4 is 5.73 Å². The van der Waals surface area contributed by atoms with Crippen molar-refractivity contribution in [3.8, 4) is 0 Å². The topological polar surface area (TPSA) is 26.0 Å². The molecule has 0 aromatic heterocycles. The average Bonchev–Trinajstić information content (AvgIpc) is 2.99. The van der Waals surface area contributed by atoms with E-state index in [1.165, 1.54) is 18.2 Å². The van der Waals surface area contributed by atoms with E-state index < -0.39 is 6.43 Å². The maximum Gasteiger partial charge on any atom is 0.263 e. The Labute approximate surface area is 92.2 Å². The zero-order valence-corrected chi connectivity index (χ0v) is 8.90. The minimum absolute atomic E-state index is 0.0223. The van der Waals surface area contributed by atoms with Gasteiger partial charge in [-0.3, -0.25) is 0 Å². The molecule has 1 saturated carbocycles. The molecule has 0 radical (unpaired) electrons. The third-order valence-corrected chi connectivity index (χ3v) is 3.39. The van der Waals surface area contributed by atoms with Gasteiger partial charge in [-0.25, -0.2) is 8.78 Å². The van der Waals surface area contributed by atoms with Crippen molar-refractivity contribution in [2.75, 3.05) is 6.54 Å². The summed E-state index contributed by atoms with van der Waals surface area (Å²) in [4.78, 5) is 0. The van der Waals surface area contributed by atoms with Gasteiger partial charge in [0, 0.05) is 22.5 Å². The van der Waals surface area contributed by atoms with E-state index >= 15 is 0 Å². The van der Waals surface area contributed by atoms with Crippen molar-refractivity contribution in [1.29, 1.82) is 0 Å². The zero-order chi connectivity index (χ0) is 11.1. The van der Waals surface area contributed by atoms with Crippen molar-refractivity contribution >= 4 is 11.6 Å². The van der Waals surface area contributed by atoms with Crippen LogP contribution in [-0.4, -0.2) is 6.54 Å². The highest BCUT2D eigenvalue weighted by molar-refractivity contribution is 6.31. The largest absolute Gasteiger partial charge is 0.330 e. The van der Waals surface area contributed by atoms with E-state index in [1.54, 1.807) is 0 Å². The van der Waals surface area contributed by atoms with Crippen LogP contribution in [0.2, 0.25) is 5.02 Å². The van der Waals surface area contributed by atoms with Gasteiger partial charge in [-0.15, -0.1) is 0 Å². The van der Waals surface area contributed by atoms with Crippen molar-refractivity contribution in [3.05, 3.63) is 34.3 Å². The molecule has 1 aromatic rings. The number of alkyl halides is 2. The molecule has 1 fully saturated rings. The molecule has 1 aliphatic rings. The van der Waals surface area contributed by atoms with E-state index in [-0.39, 0.29) is 11.0 Å². The fraction of sp³-hybridized carbons (Fsp3) is 0.455. The number of rotatable bonds is 3. The summed E-state index contributed by atoms with van der Waals surface area (Å²) in [6.45, 7) is 0.472. The van der Waals surface area contributed by atoms with Crippen LogP contribution in [0.15, 0.2) is 18.2 Å². The lowest BCUT2D eigenvalue weighted by Gasteiger charge is -2.15. The molecule has 4 heteroatoms. The first-order valence-electron chi connectivity index (χ1n) is 4.87. The summed E-state index contributed by atoms with van der Waals surface area (Å²) in [5.74, 6) is 0. The van der Waals surface area contributed by atoms with Crippen LogP contribution >= 0.6 is 11.6 Å². The molecular weight excluding hydrogens is 220 g/mol. The molecule has 0 heterocycles. The van der Waals surface area contributed by atoms with Gasteiger partial charge in [0.25, 0.3) is 6.43 Å². The number of nitrogens with two attached hydrogens (primary N) is 1. The molecule has 1 aliphatic carbocycles. The lowest BCUT2D eigenvalue weighted by Crippen LogP contribution is -2.20. The third-order valence-electron chi connectivity index (χ3n) is 3.06. The highest BCUT2D eigenvalue weighted by Gasteiger charge is 2.44. The smallest absolute Gasteiger partial charge is 0.263 e. The lowest BCUT2D eigenvalue weighted by atomic mass is 9.94. The minimum atomic E-state index is -2.45. The molecular formula is C11H12ClF2N. The quantitative estimate of drug-likeness (QED) is 0.849. The standard InChI is InChI=1S/C11H12ClF2N/c12-9-2-1-7(10(13)14)5-8(9)11(6-15)3-4-11/h1-2,5,10H,3-4,6,15H2. The zero-order valence-electron chi connectivity index (χ0n) is 8.14. The Balaban J connectivity index is 2.42. The van der Waals surface area contributed by atoms with Gasteiger partial charge in [-0.05, 0) is 30.5 Å². The SMILES string of the molecule is NCC1(c2cc(C(F)F)ccc2Cl)CC1. The second-order valence-electron chi connectivity index (χ2n) is 4.02. The molecule has 0 saturated heterocycles. The second kappa shape index (κ2) is 3.72. The Morgan fingerprint density at radius 3 is 2.53 bits per heavy atom. The van der Waals surface area contributed by atoms with Crippen LogP contribution in [0, 0.1) is 0 Å². The average molecular weight is 232 g/mol. The third kappa shape index (κ3) is 1.86. The van der Waals surface area contributed by atoms with E-state index in [1.807, 2.05) is 0 Å². The number of benzene rings is 1. The molecule has 0 aliphatic heterocycles. The first kappa shape index (κ1) is 10.8. The molecule has 82 valence electrons. The van der Waals surface area contributed by atoms with Gasteiger partial charge in [0.15, 0.2) is 0 Å². The highest BCUT2D eigenvalue weighted by Crippen LogP contribution is 2.50. The number of halogens is 3. The summed E-state index contributed by atoms with van der Waals surface area (Å²) >= 11 is 6.00. The Kier molecular flexibility index (Phi) is 2.69. The van der Waals surface area contributed by atoms with Gasteiger partial charge in [-0.1, -0.05) is 17.7 Å². The number of hydrogen-bond donors (Lipinski definition) is 1. The first-order valence-corrected chi connectivity index (χ1v) is 5.25. The Bertz CT molecular complexity index is 375. The van der Waals surface area contributed by atoms with Crippen LogP contribution in [0.5, 0.6) is 0 Å². The lowest BCUT2D eigenvalue weighted by molar-refractivity contribution is 0.151. The van der Waals surface area contributed by atoms with Gasteiger partial charge in [0.2, 0.25) is 0 Å². The predicted molar refractivity (Wildman–Crippen MR) is 56.4 cm³/mol. The maximum absolute atomic E-state index is 12.5. The van der Waals surface area contributed by atoms with Gasteiger partial charge < -0.3 is 5.73 Å². The van der Waals surface area contributed by atoms with Gasteiger partial charge in [0.05, 0.1) is 0 Å². The van der Waals surface area contributed by atoms with Crippen molar-refractivity contribution in [2.24, 2.45) is 5.73 Å². The monoisotopic (exact) mass is 231 g/mol. The Morgan fingerprint density at radius 1 is 1.40 bits per heavy atom. The fourth-order valence-corrected chi connectivity index (χ4v) is 2.14. The van der Waals surface area contributed by atoms with Crippen molar-refractivity contribution in [2.45, 2.75) is 24.7 Å². The normalized spacial score (nSPS) is 18.2. The van der Waals surface area contributed by atoms with Gasteiger partial charge in [-0.2, -0.15) is 0 Å². The molecule has 0 atom stereocenters. The maximum atomic E-state index is 12.5. The summed E-state index contributed by atoms with van der Waals surface area (Å²) in [6.07, 6.45) is -0.569. The van der Waals surface area contributed by atoms with Crippen LogP contribution in [0.4, 0.5) is 8.78 Å². The van der Waals surface area contributed by atoms with E-state index in [9.17, 15) is 8.78 Å². The summed E-state index contributed by atoms with van der Waals surface area (Å²) in [7, 11) is 0.